The van der Waals surface area contributed by atoms with Gasteiger partial charge < -0.3 is 14.6 Å². The van der Waals surface area contributed by atoms with Crippen molar-refractivity contribution in [2.75, 3.05) is 20.2 Å². The van der Waals surface area contributed by atoms with Gasteiger partial charge in [0.05, 0.1) is 24.3 Å². The monoisotopic (exact) mass is 478 g/mol. The van der Waals surface area contributed by atoms with Gasteiger partial charge in [-0.05, 0) is 79.3 Å². The van der Waals surface area contributed by atoms with Crippen LogP contribution in [-0.4, -0.2) is 47.2 Å². The zero-order valence-corrected chi connectivity index (χ0v) is 19.7. The van der Waals surface area contributed by atoms with Gasteiger partial charge in [-0.1, -0.05) is 17.7 Å². The predicted octanol–water partition coefficient (Wildman–Crippen LogP) is 5.05. The molecule has 34 heavy (non-hydrogen) atoms. The third-order valence-electron chi connectivity index (χ3n) is 7.14. The number of carbonyl (C=O) groups excluding carboxylic acids is 1. The number of ether oxygens (including phenoxy) is 2. The van der Waals surface area contributed by atoms with Crippen LogP contribution in [0.3, 0.4) is 0 Å². The Morgan fingerprint density at radius 1 is 1.26 bits per heavy atom. The maximum atomic E-state index is 12.7. The zero-order chi connectivity index (χ0) is 23.8. The maximum Gasteiger partial charge on any atom is 0.344 e. The van der Waals surface area contributed by atoms with Crippen LogP contribution in [0.2, 0.25) is 5.02 Å². The van der Waals surface area contributed by atoms with Gasteiger partial charge in [-0.25, -0.2) is 9.78 Å². The minimum Gasteiger partial charge on any atom is -0.497 e. The van der Waals surface area contributed by atoms with Crippen LogP contribution < -0.4 is 9.47 Å². The number of piperidine rings is 3. The minimum absolute atomic E-state index is 0.0217. The van der Waals surface area contributed by atoms with E-state index in [0.717, 1.165) is 31.3 Å². The number of esters is 1. The standard InChI is InChI=1S/C27H27ClN2O4/c1-3-16-15-30-11-10-18(16)12-24(30)26(31)22-14-25(29-23-9-8-20(33-2)13-21(22)23)34-27(32)17-4-6-19(28)7-5-17/h3-9,13-14,16,18,24,26,31H,1,10-12,15H2,2H3/t16-,18-,24+,26-/m0/s1. The molecule has 3 saturated heterocycles. The second-order valence-corrected chi connectivity index (χ2v) is 9.46. The number of halogens is 1. The van der Waals surface area contributed by atoms with Crippen molar-refractivity contribution in [3.05, 3.63) is 77.3 Å². The molecule has 3 aliphatic rings. The van der Waals surface area contributed by atoms with Gasteiger partial charge >= 0.3 is 5.97 Å². The summed E-state index contributed by atoms with van der Waals surface area (Å²) in [7, 11) is 1.61. The molecule has 6 nitrogen and oxygen atoms in total. The smallest absolute Gasteiger partial charge is 0.344 e. The van der Waals surface area contributed by atoms with Crippen LogP contribution in [0.1, 0.15) is 34.9 Å². The average Bonchev–Trinajstić information content (AvgIpc) is 2.88. The summed E-state index contributed by atoms with van der Waals surface area (Å²) in [5, 5.41) is 12.9. The second kappa shape index (κ2) is 9.37. The molecule has 5 atom stereocenters. The first-order valence-corrected chi connectivity index (χ1v) is 11.9. The number of methoxy groups -OCH3 is 1. The van der Waals surface area contributed by atoms with Crippen LogP contribution in [0.15, 0.2) is 61.2 Å². The number of carbonyl (C=O) groups is 1. The Morgan fingerprint density at radius 3 is 2.74 bits per heavy atom. The first-order valence-electron chi connectivity index (χ1n) is 11.5. The molecule has 0 saturated carbocycles. The summed E-state index contributed by atoms with van der Waals surface area (Å²) >= 11 is 5.93. The van der Waals surface area contributed by atoms with Crippen LogP contribution in [0, 0.1) is 11.8 Å². The Morgan fingerprint density at radius 2 is 2.06 bits per heavy atom. The second-order valence-electron chi connectivity index (χ2n) is 9.02. The molecule has 4 heterocycles. The first kappa shape index (κ1) is 22.8. The Labute approximate surface area is 203 Å². The number of aliphatic hydroxyl groups excluding tert-OH is 1. The summed E-state index contributed by atoms with van der Waals surface area (Å²) in [6, 6.07) is 13.6. The molecule has 1 N–H and O–H groups in total. The molecular weight excluding hydrogens is 452 g/mol. The van der Waals surface area contributed by atoms with Crippen LogP contribution in [-0.2, 0) is 0 Å². The van der Waals surface area contributed by atoms with Crippen molar-refractivity contribution in [2.24, 2.45) is 11.8 Å². The van der Waals surface area contributed by atoms with Gasteiger partial charge in [0.2, 0.25) is 5.88 Å². The van der Waals surface area contributed by atoms with Crippen molar-refractivity contribution in [1.29, 1.82) is 0 Å². The average molecular weight is 479 g/mol. The Hall–Kier alpha value is -2.93. The number of aromatic nitrogens is 1. The highest BCUT2D eigenvalue weighted by Gasteiger charge is 2.42. The number of hydrogen-bond acceptors (Lipinski definition) is 6. The van der Waals surface area contributed by atoms with Gasteiger partial charge in [-0.2, -0.15) is 0 Å². The van der Waals surface area contributed by atoms with Crippen molar-refractivity contribution < 1.29 is 19.4 Å². The van der Waals surface area contributed by atoms with Crippen molar-refractivity contribution in [2.45, 2.75) is 25.0 Å². The van der Waals surface area contributed by atoms with E-state index >= 15 is 0 Å². The van der Waals surface area contributed by atoms with Crippen LogP contribution in [0.5, 0.6) is 11.6 Å². The van der Waals surface area contributed by atoms with E-state index in [0.29, 0.717) is 39.3 Å². The zero-order valence-electron chi connectivity index (χ0n) is 19.0. The van der Waals surface area contributed by atoms with Crippen molar-refractivity contribution in [3.8, 4) is 11.6 Å². The molecule has 1 unspecified atom stereocenters. The highest BCUT2D eigenvalue weighted by molar-refractivity contribution is 6.30. The normalized spacial score (nSPS) is 24.6. The van der Waals surface area contributed by atoms with Gasteiger partial charge in [-0.3, -0.25) is 4.90 Å². The van der Waals surface area contributed by atoms with Crippen molar-refractivity contribution in [3.63, 3.8) is 0 Å². The molecule has 0 spiro atoms. The Kier molecular flexibility index (Phi) is 6.30. The van der Waals surface area contributed by atoms with E-state index < -0.39 is 12.1 Å². The number of hydrogen-bond donors (Lipinski definition) is 1. The summed E-state index contributed by atoms with van der Waals surface area (Å²) in [6.07, 6.45) is 3.29. The summed E-state index contributed by atoms with van der Waals surface area (Å²) in [5.41, 5.74) is 1.67. The van der Waals surface area contributed by atoms with E-state index in [1.54, 1.807) is 43.5 Å². The van der Waals surface area contributed by atoms with Crippen molar-refractivity contribution in [1.82, 2.24) is 9.88 Å². The Balaban J connectivity index is 1.51. The fourth-order valence-electron chi connectivity index (χ4n) is 5.28. The summed E-state index contributed by atoms with van der Waals surface area (Å²) in [4.78, 5) is 19.6. The maximum absolute atomic E-state index is 12.7. The number of nitrogens with zero attached hydrogens (tertiary/aromatic N) is 2. The lowest BCUT2D eigenvalue weighted by Gasteiger charge is -2.50. The first-order chi connectivity index (χ1) is 16.5. The fourth-order valence-corrected chi connectivity index (χ4v) is 5.41. The van der Waals surface area contributed by atoms with E-state index in [2.05, 4.69) is 16.5 Å². The topological polar surface area (TPSA) is 71.9 Å². The third kappa shape index (κ3) is 4.29. The molecule has 0 amide bonds. The number of aliphatic hydroxyl groups is 1. The van der Waals surface area contributed by atoms with E-state index in [1.165, 1.54) is 0 Å². The van der Waals surface area contributed by atoms with Gasteiger partial charge in [0.1, 0.15) is 5.75 Å². The molecule has 2 bridgehead atoms. The van der Waals surface area contributed by atoms with Crippen LogP contribution >= 0.6 is 11.6 Å². The summed E-state index contributed by atoms with van der Waals surface area (Å²) in [6.45, 7) is 5.86. The van der Waals surface area contributed by atoms with E-state index in [-0.39, 0.29) is 11.9 Å². The Bertz CT molecular complexity index is 1230. The SMILES string of the molecule is C=C[C@H]1CN2CC[C@H]1C[C@@H]2[C@@H](O)c1cc(OC(=O)c2ccc(Cl)cc2)nc2ccc(OC)cc12. The largest absolute Gasteiger partial charge is 0.497 e. The molecule has 3 aliphatic heterocycles. The van der Waals surface area contributed by atoms with Crippen LogP contribution in [0.4, 0.5) is 0 Å². The number of pyridine rings is 1. The highest BCUT2D eigenvalue weighted by Crippen LogP contribution is 2.43. The lowest BCUT2D eigenvalue weighted by molar-refractivity contribution is -0.0445. The van der Waals surface area contributed by atoms with Crippen LogP contribution in [0.25, 0.3) is 10.9 Å². The van der Waals surface area contributed by atoms with Gasteiger partial charge in [0.15, 0.2) is 0 Å². The van der Waals surface area contributed by atoms with Crippen molar-refractivity contribution >= 4 is 28.5 Å². The lowest BCUT2D eigenvalue weighted by atomic mass is 9.73. The lowest BCUT2D eigenvalue weighted by Crippen LogP contribution is -2.54. The molecule has 3 fully saturated rings. The van der Waals surface area contributed by atoms with E-state index in [1.807, 2.05) is 18.2 Å². The summed E-state index contributed by atoms with van der Waals surface area (Å²) < 4.78 is 11.0. The molecular formula is C27H27ClN2O4. The molecule has 1 aromatic heterocycles. The van der Waals surface area contributed by atoms with Gasteiger partial charge in [-0.15, -0.1) is 6.58 Å². The van der Waals surface area contributed by atoms with E-state index in [4.69, 9.17) is 21.1 Å². The summed E-state index contributed by atoms with van der Waals surface area (Å²) in [5.74, 6) is 1.26. The minimum atomic E-state index is -0.765. The quantitative estimate of drug-likeness (QED) is 0.395. The molecule has 6 rings (SSSR count). The van der Waals surface area contributed by atoms with Gasteiger partial charge in [0.25, 0.3) is 0 Å². The highest BCUT2D eigenvalue weighted by atomic mass is 35.5. The predicted molar refractivity (Wildman–Crippen MR) is 131 cm³/mol. The van der Waals surface area contributed by atoms with Gasteiger partial charge in [0, 0.05) is 29.1 Å². The number of fused-ring (bicyclic) bond motifs is 4. The van der Waals surface area contributed by atoms with E-state index in [9.17, 15) is 9.90 Å². The molecule has 7 heteroatoms. The molecule has 0 radical (unpaired) electrons. The molecule has 3 aromatic rings. The molecule has 2 aromatic carbocycles. The third-order valence-corrected chi connectivity index (χ3v) is 7.39. The molecule has 176 valence electrons. The number of rotatable bonds is 6. The fraction of sp³-hybridized carbons (Fsp3) is 0.333. The molecule has 0 aliphatic carbocycles. The number of benzene rings is 2.